The highest BCUT2D eigenvalue weighted by molar-refractivity contribution is 7.92. The molecule has 0 saturated carbocycles. The monoisotopic (exact) mass is 277 g/mol. The van der Waals surface area contributed by atoms with Crippen LogP contribution in [0.4, 0.5) is 0 Å². The van der Waals surface area contributed by atoms with Gasteiger partial charge in [0.05, 0.1) is 16.1 Å². The number of nitrogens with zero attached hydrogens (tertiary/aromatic N) is 1. The van der Waals surface area contributed by atoms with Gasteiger partial charge < -0.3 is 10.0 Å². The lowest BCUT2D eigenvalue weighted by molar-refractivity contribution is 0.0448. The summed E-state index contributed by atoms with van der Waals surface area (Å²) in [6, 6.07) is 0. The lowest BCUT2D eigenvalue weighted by atomic mass is 9.98. The van der Waals surface area contributed by atoms with E-state index in [4.69, 9.17) is 0 Å². The predicted octanol–water partition coefficient (Wildman–Crippen LogP) is 1.44. The lowest BCUT2D eigenvalue weighted by Crippen LogP contribution is -2.37. The summed E-state index contributed by atoms with van der Waals surface area (Å²) >= 11 is 0. The van der Waals surface area contributed by atoms with Gasteiger partial charge in [-0.25, -0.2) is 8.42 Å². The molecule has 1 aliphatic rings. The minimum Gasteiger partial charge on any atom is -0.390 e. The van der Waals surface area contributed by atoms with Crippen molar-refractivity contribution < 1.29 is 13.5 Å². The van der Waals surface area contributed by atoms with Gasteiger partial charge in [0.1, 0.15) is 0 Å². The predicted molar refractivity (Wildman–Crippen MR) is 74.5 cm³/mol. The standard InChI is InChI=1S/C13H27NO3S/c1-12(2,3)18(16,17)11-10-14-8-5-6-13(4,15)7-9-14/h15H,5-11H2,1-4H3. The molecule has 1 fully saturated rings. The molecule has 0 spiro atoms. The minimum absolute atomic E-state index is 0.207. The molecule has 0 aromatic rings. The van der Waals surface area contributed by atoms with Crippen molar-refractivity contribution in [2.24, 2.45) is 0 Å². The molecule has 1 atom stereocenters. The first-order valence-electron chi connectivity index (χ1n) is 6.71. The summed E-state index contributed by atoms with van der Waals surface area (Å²) in [6.45, 7) is 9.35. The SMILES string of the molecule is CC1(O)CCCN(CCS(=O)(=O)C(C)(C)C)CC1. The molecule has 1 unspecified atom stereocenters. The summed E-state index contributed by atoms with van der Waals surface area (Å²) < 4.78 is 23.4. The van der Waals surface area contributed by atoms with Gasteiger partial charge in [-0.15, -0.1) is 0 Å². The van der Waals surface area contributed by atoms with E-state index in [1.165, 1.54) is 0 Å². The number of sulfone groups is 1. The van der Waals surface area contributed by atoms with Crippen molar-refractivity contribution >= 4 is 9.84 Å². The Morgan fingerprint density at radius 3 is 2.39 bits per heavy atom. The largest absolute Gasteiger partial charge is 0.390 e. The minimum atomic E-state index is -3.04. The highest BCUT2D eigenvalue weighted by Gasteiger charge is 2.30. The van der Waals surface area contributed by atoms with Crippen LogP contribution in [0.2, 0.25) is 0 Å². The first kappa shape index (κ1) is 15.9. The third-order valence-electron chi connectivity index (χ3n) is 3.77. The van der Waals surface area contributed by atoms with E-state index in [2.05, 4.69) is 4.90 Å². The van der Waals surface area contributed by atoms with Crippen LogP contribution in [0.15, 0.2) is 0 Å². The van der Waals surface area contributed by atoms with Crippen LogP contribution >= 0.6 is 0 Å². The average molecular weight is 277 g/mol. The topological polar surface area (TPSA) is 57.6 Å². The van der Waals surface area contributed by atoms with Gasteiger partial charge in [-0.05, 0) is 53.5 Å². The second kappa shape index (κ2) is 5.47. The maximum atomic E-state index is 12.0. The van der Waals surface area contributed by atoms with Crippen LogP contribution in [0, 0.1) is 0 Å². The van der Waals surface area contributed by atoms with Crippen molar-refractivity contribution in [3.05, 3.63) is 0 Å². The molecule has 108 valence electrons. The van der Waals surface area contributed by atoms with Gasteiger partial charge in [0, 0.05) is 13.1 Å². The number of aliphatic hydroxyl groups is 1. The molecule has 5 heteroatoms. The smallest absolute Gasteiger partial charge is 0.156 e. The van der Waals surface area contributed by atoms with Crippen molar-refractivity contribution in [1.29, 1.82) is 0 Å². The number of hydrogen-bond donors (Lipinski definition) is 1. The zero-order valence-corrected chi connectivity index (χ0v) is 12.9. The molecular formula is C13H27NO3S. The third-order valence-corrected chi connectivity index (χ3v) is 6.35. The van der Waals surface area contributed by atoms with Gasteiger partial charge in [-0.3, -0.25) is 0 Å². The van der Waals surface area contributed by atoms with Crippen LogP contribution in [0.25, 0.3) is 0 Å². The average Bonchev–Trinajstić information content (AvgIpc) is 2.35. The van der Waals surface area contributed by atoms with Crippen molar-refractivity contribution in [1.82, 2.24) is 4.90 Å². The van der Waals surface area contributed by atoms with Gasteiger partial charge in [-0.2, -0.15) is 0 Å². The molecular weight excluding hydrogens is 250 g/mol. The van der Waals surface area contributed by atoms with Crippen LogP contribution in [0.1, 0.15) is 47.0 Å². The molecule has 1 heterocycles. The summed E-state index contributed by atoms with van der Waals surface area (Å²) in [5.41, 5.74) is -0.586. The first-order valence-corrected chi connectivity index (χ1v) is 8.36. The Balaban J connectivity index is 2.50. The zero-order chi connectivity index (χ0) is 14.0. The summed E-state index contributed by atoms with van der Waals surface area (Å²) in [5, 5.41) is 9.98. The maximum absolute atomic E-state index is 12.0. The molecule has 1 rings (SSSR count). The quantitative estimate of drug-likeness (QED) is 0.848. The van der Waals surface area contributed by atoms with E-state index in [1.807, 2.05) is 6.92 Å². The molecule has 1 saturated heterocycles. The summed E-state index contributed by atoms with van der Waals surface area (Å²) in [4.78, 5) is 2.16. The van der Waals surface area contributed by atoms with Gasteiger partial charge in [-0.1, -0.05) is 0 Å². The van der Waals surface area contributed by atoms with Crippen molar-refractivity contribution in [3.63, 3.8) is 0 Å². The third kappa shape index (κ3) is 4.52. The highest BCUT2D eigenvalue weighted by atomic mass is 32.2. The number of likely N-dealkylation sites (tertiary alicyclic amines) is 1. The van der Waals surface area contributed by atoms with E-state index >= 15 is 0 Å². The molecule has 0 aliphatic carbocycles. The Morgan fingerprint density at radius 2 is 1.83 bits per heavy atom. The van der Waals surface area contributed by atoms with Crippen molar-refractivity contribution in [3.8, 4) is 0 Å². The summed E-state index contributed by atoms with van der Waals surface area (Å²) in [5.74, 6) is 0.207. The van der Waals surface area contributed by atoms with E-state index in [9.17, 15) is 13.5 Å². The molecule has 1 N–H and O–H groups in total. The Labute approximate surface area is 111 Å². The zero-order valence-electron chi connectivity index (χ0n) is 12.1. The Bertz CT molecular complexity index is 368. The highest BCUT2D eigenvalue weighted by Crippen LogP contribution is 2.22. The molecule has 0 bridgehead atoms. The fourth-order valence-electron chi connectivity index (χ4n) is 2.10. The summed E-state index contributed by atoms with van der Waals surface area (Å²) in [6.07, 6.45) is 2.46. The molecule has 0 aromatic carbocycles. The normalized spacial score (nSPS) is 28.1. The van der Waals surface area contributed by atoms with E-state index < -0.39 is 20.2 Å². The van der Waals surface area contributed by atoms with Crippen LogP contribution in [0.5, 0.6) is 0 Å². The first-order chi connectivity index (χ1) is 8.04. The van der Waals surface area contributed by atoms with Gasteiger partial charge in [0.2, 0.25) is 0 Å². The molecule has 0 radical (unpaired) electrons. The molecule has 4 nitrogen and oxygen atoms in total. The van der Waals surface area contributed by atoms with E-state index in [1.54, 1.807) is 20.8 Å². The number of hydrogen-bond acceptors (Lipinski definition) is 4. The molecule has 0 aromatic heterocycles. The molecule has 1 aliphatic heterocycles. The van der Waals surface area contributed by atoms with E-state index in [-0.39, 0.29) is 5.75 Å². The molecule has 0 amide bonds. The van der Waals surface area contributed by atoms with Crippen molar-refractivity contribution in [2.45, 2.75) is 57.3 Å². The lowest BCUT2D eigenvalue weighted by Gasteiger charge is -2.24. The van der Waals surface area contributed by atoms with Crippen molar-refractivity contribution in [2.75, 3.05) is 25.4 Å². The van der Waals surface area contributed by atoms with Crippen LogP contribution in [-0.4, -0.2) is 54.2 Å². The van der Waals surface area contributed by atoms with Crippen LogP contribution < -0.4 is 0 Å². The van der Waals surface area contributed by atoms with E-state index in [0.717, 1.165) is 32.4 Å². The number of rotatable bonds is 3. The van der Waals surface area contributed by atoms with E-state index in [0.29, 0.717) is 6.54 Å². The molecule has 18 heavy (non-hydrogen) atoms. The summed E-state index contributed by atoms with van der Waals surface area (Å²) in [7, 11) is -3.04. The van der Waals surface area contributed by atoms with Crippen LogP contribution in [0.3, 0.4) is 0 Å². The van der Waals surface area contributed by atoms with Crippen LogP contribution in [-0.2, 0) is 9.84 Å². The Morgan fingerprint density at radius 1 is 1.22 bits per heavy atom. The Hall–Kier alpha value is -0.130. The fraction of sp³-hybridized carbons (Fsp3) is 1.00. The van der Waals surface area contributed by atoms with Gasteiger partial charge in [0.25, 0.3) is 0 Å². The van der Waals surface area contributed by atoms with Gasteiger partial charge >= 0.3 is 0 Å². The Kier molecular flexibility index (Phi) is 4.84. The second-order valence-electron chi connectivity index (χ2n) is 6.62. The van der Waals surface area contributed by atoms with Gasteiger partial charge in [0.15, 0.2) is 9.84 Å². The fourth-order valence-corrected chi connectivity index (χ4v) is 3.21. The maximum Gasteiger partial charge on any atom is 0.156 e. The second-order valence-corrected chi connectivity index (χ2v) is 9.49.